The predicted octanol–water partition coefficient (Wildman–Crippen LogP) is 2.01. The van der Waals surface area contributed by atoms with Gasteiger partial charge in [0.1, 0.15) is 5.52 Å². The molecule has 1 unspecified atom stereocenters. The van der Waals surface area contributed by atoms with Crippen LogP contribution in [0.1, 0.15) is 31.9 Å². The van der Waals surface area contributed by atoms with Crippen molar-refractivity contribution in [3.05, 3.63) is 24.2 Å². The third kappa shape index (κ3) is 2.63. The van der Waals surface area contributed by atoms with E-state index in [1.54, 1.807) is 0 Å². The minimum atomic E-state index is 0.590. The van der Waals surface area contributed by atoms with E-state index in [1.165, 1.54) is 12.8 Å². The highest BCUT2D eigenvalue weighted by Gasteiger charge is 2.20. The summed E-state index contributed by atoms with van der Waals surface area (Å²) < 4.78 is 1.93. The summed E-state index contributed by atoms with van der Waals surface area (Å²) in [6.07, 6.45) is 7.45. The molecule has 1 aliphatic rings. The lowest BCUT2D eigenvalue weighted by atomic mass is 10.2. The fraction of sp³-hybridized carbons (Fsp3) is 0.600. The zero-order valence-electron chi connectivity index (χ0n) is 12.3. The Kier molecular flexibility index (Phi) is 3.87. The minimum absolute atomic E-state index is 0.590. The number of rotatable bonds is 5. The van der Waals surface area contributed by atoms with E-state index in [1.807, 2.05) is 23.8 Å². The van der Waals surface area contributed by atoms with Gasteiger partial charge >= 0.3 is 0 Å². The Labute approximate surface area is 120 Å². The van der Waals surface area contributed by atoms with Crippen LogP contribution in [0.25, 0.3) is 5.52 Å². The molecule has 1 aliphatic heterocycles. The van der Waals surface area contributed by atoms with Gasteiger partial charge in [-0.15, -0.1) is 0 Å². The van der Waals surface area contributed by atoms with Gasteiger partial charge in [-0.3, -0.25) is 0 Å². The lowest BCUT2D eigenvalue weighted by Gasteiger charge is -2.26. The quantitative estimate of drug-likeness (QED) is 0.905. The van der Waals surface area contributed by atoms with Crippen LogP contribution in [-0.4, -0.2) is 40.3 Å². The number of fused-ring (bicyclic) bond motifs is 1. The van der Waals surface area contributed by atoms with Crippen molar-refractivity contribution in [1.82, 2.24) is 19.9 Å². The molecule has 0 spiro atoms. The van der Waals surface area contributed by atoms with Gasteiger partial charge in [0.2, 0.25) is 0 Å². The van der Waals surface area contributed by atoms with Gasteiger partial charge in [0.15, 0.2) is 5.82 Å². The molecule has 0 amide bonds. The fourth-order valence-corrected chi connectivity index (χ4v) is 3.01. The molecule has 1 saturated heterocycles. The maximum absolute atomic E-state index is 4.62. The van der Waals surface area contributed by atoms with Gasteiger partial charge in [-0.1, -0.05) is 6.92 Å². The van der Waals surface area contributed by atoms with E-state index in [0.717, 1.165) is 43.1 Å². The summed E-state index contributed by atoms with van der Waals surface area (Å²) in [4.78, 5) is 7.02. The van der Waals surface area contributed by atoms with E-state index in [4.69, 9.17) is 0 Å². The van der Waals surface area contributed by atoms with Crippen LogP contribution in [0.4, 0.5) is 5.82 Å². The fourth-order valence-electron chi connectivity index (χ4n) is 3.01. The molecule has 0 bridgehead atoms. The third-order valence-electron chi connectivity index (χ3n) is 3.89. The number of aryl methyl sites for hydroxylation is 1. The van der Waals surface area contributed by atoms with Crippen LogP contribution < -0.4 is 10.2 Å². The largest absolute Gasteiger partial charge is 0.353 e. The van der Waals surface area contributed by atoms with Crippen LogP contribution in [0.2, 0.25) is 0 Å². The van der Waals surface area contributed by atoms with Crippen molar-refractivity contribution in [2.45, 2.75) is 39.2 Å². The zero-order chi connectivity index (χ0) is 13.9. The molecule has 3 heterocycles. The Morgan fingerprint density at radius 2 is 2.40 bits per heavy atom. The van der Waals surface area contributed by atoms with Crippen molar-refractivity contribution >= 4 is 11.3 Å². The first kappa shape index (κ1) is 13.4. The number of aromatic nitrogens is 3. The second kappa shape index (κ2) is 5.79. The molecule has 0 aromatic carbocycles. The molecular formula is C15H23N5. The van der Waals surface area contributed by atoms with Crippen molar-refractivity contribution in [2.24, 2.45) is 0 Å². The van der Waals surface area contributed by atoms with E-state index >= 15 is 0 Å². The summed E-state index contributed by atoms with van der Waals surface area (Å²) in [6.45, 7) is 7.46. The van der Waals surface area contributed by atoms with Gasteiger partial charge in [-0.2, -0.15) is 5.10 Å². The maximum atomic E-state index is 4.62. The summed E-state index contributed by atoms with van der Waals surface area (Å²) in [5.41, 5.74) is 2.14. The molecule has 5 heteroatoms. The third-order valence-corrected chi connectivity index (χ3v) is 3.89. The number of nitrogens with one attached hydrogen (secondary N) is 1. The molecule has 0 saturated carbocycles. The second-order valence-corrected chi connectivity index (χ2v) is 5.61. The Hall–Kier alpha value is -1.62. The average Bonchev–Trinajstić information content (AvgIpc) is 3.05. The Morgan fingerprint density at radius 3 is 3.15 bits per heavy atom. The smallest absolute Gasteiger partial charge is 0.154 e. The van der Waals surface area contributed by atoms with Gasteiger partial charge < -0.3 is 10.2 Å². The standard InChI is InChI=1S/C15H23N5/c1-3-8-19(11-13-5-4-6-16-13)15-14-10-12(2)18-20(14)9-7-17-15/h7,9-10,13,16H,3-6,8,11H2,1-2H3. The highest BCUT2D eigenvalue weighted by molar-refractivity contribution is 5.69. The maximum Gasteiger partial charge on any atom is 0.154 e. The Balaban J connectivity index is 1.91. The van der Waals surface area contributed by atoms with Crippen molar-refractivity contribution in [3.8, 4) is 0 Å². The first-order chi connectivity index (χ1) is 9.78. The predicted molar refractivity (Wildman–Crippen MR) is 81.3 cm³/mol. The highest BCUT2D eigenvalue weighted by atomic mass is 15.3. The number of nitrogens with zero attached hydrogens (tertiary/aromatic N) is 4. The van der Waals surface area contributed by atoms with E-state index in [9.17, 15) is 0 Å². The molecule has 20 heavy (non-hydrogen) atoms. The van der Waals surface area contributed by atoms with Gasteiger partial charge in [0.05, 0.1) is 5.69 Å². The lowest BCUT2D eigenvalue weighted by Crippen LogP contribution is -2.38. The van der Waals surface area contributed by atoms with E-state index in [-0.39, 0.29) is 0 Å². The molecule has 2 aromatic rings. The molecule has 1 N–H and O–H groups in total. The SMILES string of the molecule is CCCN(CC1CCCN1)c1nccn2nc(C)cc12. The molecule has 3 rings (SSSR count). The van der Waals surface area contributed by atoms with Crippen LogP contribution in [0, 0.1) is 6.92 Å². The average molecular weight is 273 g/mol. The van der Waals surface area contributed by atoms with Crippen LogP contribution in [0.3, 0.4) is 0 Å². The van der Waals surface area contributed by atoms with E-state index in [2.05, 4.69) is 33.3 Å². The van der Waals surface area contributed by atoms with Crippen LogP contribution in [-0.2, 0) is 0 Å². The Morgan fingerprint density at radius 1 is 1.50 bits per heavy atom. The molecule has 1 atom stereocenters. The summed E-state index contributed by atoms with van der Waals surface area (Å²) >= 11 is 0. The molecule has 0 radical (unpaired) electrons. The number of hydrogen-bond acceptors (Lipinski definition) is 4. The van der Waals surface area contributed by atoms with E-state index in [0.29, 0.717) is 6.04 Å². The molecular weight excluding hydrogens is 250 g/mol. The molecule has 0 aliphatic carbocycles. The zero-order valence-corrected chi connectivity index (χ0v) is 12.3. The van der Waals surface area contributed by atoms with Crippen LogP contribution in [0.15, 0.2) is 18.5 Å². The topological polar surface area (TPSA) is 45.5 Å². The molecule has 108 valence electrons. The summed E-state index contributed by atoms with van der Waals surface area (Å²) in [5.74, 6) is 1.06. The Bertz CT molecular complexity index is 571. The van der Waals surface area contributed by atoms with Crippen LogP contribution >= 0.6 is 0 Å². The van der Waals surface area contributed by atoms with Gasteiger partial charge in [0, 0.05) is 31.5 Å². The highest BCUT2D eigenvalue weighted by Crippen LogP contribution is 2.21. The number of hydrogen-bond donors (Lipinski definition) is 1. The van der Waals surface area contributed by atoms with Crippen LogP contribution in [0.5, 0.6) is 0 Å². The minimum Gasteiger partial charge on any atom is -0.353 e. The molecule has 2 aromatic heterocycles. The van der Waals surface area contributed by atoms with Crippen molar-refractivity contribution in [3.63, 3.8) is 0 Å². The molecule has 5 nitrogen and oxygen atoms in total. The van der Waals surface area contributed by atoms with Crippen molar-refractivity contribution in [1.29, 1.82) is 0 Å². The summed E-state index contributed by atoms with van der Waals surface area (Å²) in [7, 11) is 0. The first-order valence-corrected chi connectivity index (χ1v) is 7.57. The van der Waals surface area contributed by atoms with Gasteiger partial charge in [-0.05, 0) is 38.8 Å². The summed E-state index contributed by atoms with van der Waals surface area (Å²) in [5, 5.41) is 8.06. The number of anilines is 1. The summed E-state index contributed by atoms with van der Waals surface area (Å²) in [6, 6.07) is 2.71. The monoisotopic (exact) mass is 273 g/mol. The van der Waals surface area contributed by atoms with Gasteiger partial charge in [0.25, 0.3) is 0 Å². The second-order valence-electron chi connectivity index (χ2n) is 5.61. The van der Waals surface area contributed by atoms with Gasteiger partial charge in [-0.25, -0.2) is 9.50 Å². The van der Waals surface area contributed by atoms with E-state index < -0.39 is 0 Å². The lowest BCUT2D eigenvalue weighted by molar-refractivity contribution is 0.575. The molecule has 1 fully saturated rings. The first-order valence-electron chi connectivity index (χ1n) is 7.57. The van der Waals surface area contributed by atoms with Crippen molar-refractivity contribution in [2.75, 3.05) is 24.5 Å². The van der Waals surface area contributed by atoms with Crippen molar-refractivity contribution < 1.29 is 0 Å². The normalized spacial score (nSPS) is 18.8.